The summed E-state index contributed by atoms with van der Waals surface area (Å²) in [5.74, 6) is -0.945. The van der Waals surface area contributed by atoms with E-state index in [-0.39, 0.29) is 58.4 Å². The van der Waals surface area contributed by atoms with Crippen molar-refractivity contribution in [2.75, 3.05) is 37.7 Å². The molecular weight excluding hydrogens is 592 g/mol. The molecular formula is C32H34ClF2N5O4. The van der Waals surface area contributed by atoms with Crippen LogP contribution in [0.25, 0.3) is 22.0 Å². The number of likely N-dealkylation sites (tertiary alicyclic amines) is 1. The molecule has 0 spiro atoms. The number of anilines is 1. The van der Waals surface area contributed by atoms with Gasteiger partial charge in [0.15, 0.2) is 5.75 Å². The second-order valence-corrected chi connectivity index (χ2v) is 12.2. The van der Waals surface area contributed by atoms with Gasteiger partial charge in [-0.15, -0.1) is 0 Å². The molecule has 232 valence electrons. The number of ether oxygens (including phenoxy) is 1. The molecule has 4 heterocycles. The van der Waals surface area contributed by atoms with Gasteiger partial charge >= 0.3 is 5.69 Å². The van der Waals surface area contributed by atoms with Crippen molar-refractivity contribution < 1.29 is 23.1 Å². The summed E-state index contributed by atoms with van der Waals surface area (Å²) in [5.41, 5.74) is 0.221. The molecule has 3 aromatic rings. The van der Waals surface area contributed by atoms with Gasteiger partial charge in [-0.05, 0) is 57.4 Å². The largest absolute Gasteiger partial charge is 0.488 e. The van der Waals surface area contributed by atoms with E-state index in [0.29, 0.717) is 55.6 Å². The van der Waals surface area contributed by atoms with E-state index in [2.05, 4.69) is 11.6 Å². The summed E-state index contributed by atoms with van der Waals surface area (Å²) < 4.78 is 36.9. The Hall–Kier alpha value is -3.99. The number of carbonyl (C=O) groups is 2. The number of piperazine rings is 1. The number of aromatic nitrogens is 2. The molecule has 9 nitrogen and oxygen atoms in total. The molecule has 3 aliphatic heterocycles. The van der Waals surface area contributed by atoms with Gasteiger partial charge in [-0.2, -0.15) is 4.98 Å². The Morgan fingerprint density at radius 2 is 1.98 bits per heavy atom. The molecule has 3 atom stereocenters. The van der Waals surface area contributed by atoms with E-state index >= 15 is 4.39 Å². The molecule has 0 bridgehead atoms. The highest BCUT2D eigenvalue weighted by Gasteiger charge is 2.36. The minimum Gasteiger partial charge on any atom is -0.488 e. The van der Waals surface area contributed by atoms with Gasteiger partial charge in [0.05, 0.1) is 16.6 Å². The van der Waals surface area contributed by atoms with Crippen LogP contribution in [0.15, 0.2) is 41.7 Å². The first-order chi connectivity index (χ1) is 21.1. The lowest BCUT2D eigenvalue weighted by Crippen LogP contribution is -2.58. The number of halogens is 3. The van der Waals surface area contributed by atoms with Crippen LogP contribution < -0.4 is 15.3 Å². The smallest absolute Gasteiger partial charge is 0.350 e. The second-order valence-electron chi connectivity index (χ2n) is 11.8. The summed E-state index contributed by atoms with van der Waals surface area (Å²) >= 11 is 6.84. The first-order valence-electron chi connectivity index (χ1n) is 14.9. The van der Waals surface area contributed by atoms with Crippen molar-refractivity contribution in [1.29, 1.82) is 0 Å². The van der Waals surface area contributed by atoms with E-state index in [9.17, 15) is 18.8 Å². The van der Waals surface area contributed by atoms with Gasteiger partial charge in [0, 0.05) is 67.3 Å². The van der Waals surface area contributed by atoms with Crippen molar-refractivity contribution in [2.24, 2.45) is 0 Å². The van der Waals surface area contributed by atoms with Crippen LogP contribution in [-0.2, 0) is 9.59 Å². The number of nitrogens with zero attached hydrogens (tertiary/aromatic N) is 5. The van der Waals surface area contributed by atoms with Gasteiger partial charge in [-0.25, -0.2) is 13.6 Å². The van der Waals surface area contributed by atoms with Crippen LogP contribution in [0.5, 0.6) is 5.75 Å². The van der Waals surface area contributed by atoms with Crippen LogP contribution in [0.3, 0.4) is 0 Å². The average Bonchev–Trinajstić information content (AvgIpc) is 3.40. The number of carbonyl (C=O) groups excluding carboxylic acids is 2. The predicted octanol–water partition coefficient (Wildman–Crippen LogP) is 4.94. The molecule has 12 heteroatoms. The third-order valence-corrected chi connectivity index (χ3v) is 9.23. The van der Waals surface area contributed by atoms with Gasteiger partial charge < -0.3 is 19.4 Å². The van der Waals surface area contributed by atoms with E-state index < -0.39 is 17.3 Å². The molecule has 0 radical (unpaired) electrons. The van der Waals surface area contributed by atoms with Crippen LogP contribution in [0.1, 0.15) is 45.6 Å². The number of benzene rings is 2. The maximum atomic E-state index is 15.1. The number of hydrogen-bond acceptors (Lipinski definition) is 6. The zero-order chi connectivity index (χ0) is 31.3. The van der Waals surface area contributed by atoms with Crippen molar-refractivity contribution in [3.63, 3.8) is 0 Å². The number of amides is 2. The van der Waals surface area contributed by atoms with Crippen molar-refractivity contribution in [3.8, 4) is 16.9 Å². The van der Waals surface area contributed by atoms with E-state index in [4.69, 9.17) is 16.3 Å². The maximum Gasteiger partial charge on any atom is 0.350 e. The monoisotopic (exact) mass is 625 g/mol. The SMILES string of the molecule is C=CC(=O)N1C[C@H](C)N(c2nc(=O)n3c4c(c(-c5ccc(F)cc5F)c(Cl)cc24)OCC3CCCN2CCCC2=O)C[C@H]1C. The Balaban J connectivity index is 1.48. The van der Waals surface area contributed by atoms with Gasteiger partial charge in [-0.3, -0.25) is 14.2 Å². The van der Waals surface area contributed by atoms with Crippen molar-refractivity contribution >= 4 is 40.1 Å². The Morgan fingerprint density at radius 3 is 2.68 bits per heavy atom. The summed E-state index contributed by atoms with van der Waals surface area (Å²) in [6.07, 6.45) is 3.91. The summed E-state index contributed by atoms with van der Waals surface area (Å²) in [6, 6.07) is 4.12. The molecule has 6 rings (SSSR count). The molecule has 2 fully saturated rings. The zero-order valence-corrected chi connectivity index (χ0v) is 25.4. The summed E-state index contributed by atoms with van der Waals surface area (Å²) in [7, 11) is 0. The highest BCUT2D eigenvalue weighted by atomic mass is 35.5. The predicted molar refractivity (Wildman–Crippen MR) is 164 cm³/mol. The van der Waals surface area contributed by atoms with E-state index in [0.717, 1.165) is 25.1 Å². The minimum absolute atomic E-state index is 0.0511. The van der Waals surface area contributed by atoms with Gasteiger partial charge in [0.2, 0.25) is 11.8 Å². The fraction of sp³-hybridized carbons (Fsp3) is 0.438. The number of rotatable bonds is 7. The summed E-state index contributed by atoms with van der Waals surface area (Å²) in [6.45, 7) is 9.71. The molecule has 2 amide bonds. The molecule has 0 aliphatic carbocycles. The molecule has 2 saturated heterocycles. The molecule has 44 heavy (non-hydrogen) atoms. The fourth-order valence-corrected chi connectivity index (χ4v) is 7.04. The van der Waals surface area contributed by atoms with Crippen molar-refractivity contribution in [1.82, 2.24) is 19.4 Å². The summed E-state index contributed by atoms with van der Waals surface area (Å²) in [5, 5.41) is 0.719. The Morgan fingerprint density at radius 1 is 1.18 bits per heavy atom. The fourth-order valence-electron chi connectivity index (χ4n) is 6.74. The minimum atomic E-state index is -0.808. The van der Waals surface area contributed by atoms with Gasteiger partial charge in [0.25, 0.3) is 0 Å². The topological polar surface area (TPSA) is 88.0 Å². The molecule has 0 saturated carbocycles. The lowest BCUT2D eigenvalue weighted by Gasteiger charge is -2.45. The summed E-state index contributed by atoms with van der Waals surface area (Å²) in [4.78, 5) is 48.7. The first-order valence-corrected chi connectivity index (χ1v) is 15.3. The zero-order valence-electron chi connectivity index (χ0n) is 24.7. The van der Waals surface area contributed by atoms with Crippen LogP contribution in [0.2, 0.25) is 5.02 Å². The number of hydrogen-bond donors (Lipinski definition) is 0. The molecule has 0 N–H and O–H groups in total. The molecule has 2 aromatic carbocycles. The lowest BCUT2D eigenvalue weighted by molar-refractivity contribution is -0.129. The lowest BCUT2D eigenvalue weighted by atomic mass is 9.98. The van der Waals surface area contributed by atoms with Crippen LogP contribution in [0, 0.1) is 11.6 Å². The van der Waals surface area contributed by atoms with E-state index in [1.54, 1.807) is 15.5 Å². The van der Waals surface area contributed by atoms with Crippen LogP contribution in [0.4, 0.5) is 14.6 Å². The Labute approximate surface area is 258 Å². The molecule has 1 aromatic heterocycles. The second kappa shape index (κ2) is 11.8. The highest BCUT2D eigenvalue weighted by Crippen LogP contribution is 2.47. The van der Waals surface area contributed by atoms with Crippen molar-refractivity contribution in [2.45, 2.75) is 57.7 Å². The third kappa shape index (κ3) is 5.21. The van der Waals surface area contributed by atoms with E-state index in [1.165, 1.54) is 12.1 Å². The normalized spacial score (nSPS) is 21.6. The molecule has 1 unspecified atom stereocenters. The van der Waals surface area contributed by atoms with E-state index in [1.807, 2.05) is 23.6 Å². The van der Waals surface area contributed by atoms with Gasteiger partial charge in [0.1, 0.15) is 24.1 Å². The Kier molecular flexibility index (Phi) is 8.08. The quantitative estimate of drug-likeness (QED) is 0.346. The Bertz CT molecular complexity index is 1730. The van der Waals surface area contributed by atoms with Crippen LogP contribution >= 0.6 is 11.6 Å². The third-order valence-electron chi connectivity index (χ3n) is 8.93. The van der Waals surface area contributed by atoms with Crippen LogP contribution in [-0.4, -0.2) is 76.0 Å². The molecule has 3 aliphatic rings. The average molecular weight is 626 g/mol. The maximum absolute atomic E-state index is 15.1. The van der Waals surface area contributed by atoms with Crippen molar-refractivity contribution in [3.05, 3.63) is 64.1 Å². The highest BCUT2D eigenvalue weighted by molar-refractivity contribution is 6.35. The van der Waals surface area contributed by atoms with Gasteiger partial charge in [-0.1, -0.05) is 18.2 Å². The standard InChI is InChI=1S/C32H34ClF2N5O4/c1-4-26(41)38-15-19(3)39(16-18(38)2)31-23-14-24(33)28(22-10-9-20(34)13-25(22)35)30-29(23)40(32(43)36-31)21(17-44-30)7-5-11-37-12-6-8-27(37)42/h4,9-10,13-14,18-19,21H,1,5-8,11-12,15-17H2,2-3H3/t18-,19+,21?/m1/s1. The first kappa shape index (κ1) is 30.1.